The zero-order valence-corrected chi connectivity index (χ0v) is 13.8. The van der Waals surface area contributed by atoms with Crippen LogP contribution in [0.25, 0.3) is 0 Å². The van der Waals surface area contributed by atoms with Crippen LogP contribution in [0.2, 0.25) is 0 Å². The van der Waals surface area contributed by atoms with E-state index in [1.165, 1.54) is 0 Å². The summed E-state index contributed by atoms with van der Waals surface area (Å²) in [5, 5.41) is -2.93. The molecule has 0 aromatic carbocycles. The molecule has 1 radical (unpaired) electrons. The van der Waals surface area contributed by atoms with Crippen LogP contribution < -0.4 is 0 Å². The van der Waals surface area contributed by atoms with Crippen molar-refractivity contribution in [1.29, 1.82) is 0 Å². The molecule has 1 atom stereocenters. The molecule has 0 spiro atoms. The van der Waals surface area contributed by atoms with Crippen LogP contribution in [0.4, 0.5) is 13.2 Å². The van der Waals surface area contributed by atoms with Gasteiger partial charge in [0, 0.05) is 21.3 Å². The van der Waals surface area contributed by atoms with E-state index in [1.54, 1.807) is 0 Å². The molecule has 0 N–H and O–H groups in total. The lowest BCUT2D eigenvalue weighted by Crippen LogP contribution is -2.63. The van der Waals surface area contributed by atoms with Crippen molar-refractivity contribution in [2.24, 2.45) is 0 Å². The van der Waals surface area contributed by atoms with E-state index in [4.69, 9.17) is 13.3 Å². The molecule has 0 heterocycles. The molecule has 0 amide bonds. The number of unbranched alkanes of at least 4 members (excludes halogenated alkanes) is 5. The van der Waals surface area contributed by atoms with E-state index in [9.17, 15) is 13.2 Å². The Morgan fingerprint density at radius 3 is 1.75 bits per heavy atom. The Labute approximate surface area is 121 Å². The lowest BCUT2D eigenvalue weighted by atomic mass is 10.1. The first-order valence-corrected chi connectivity index (χ1v) is 8.69. The Balaban J connectivity index is 4.60. The summed E-state index contributed by atoms with van der Waals surface area (Å²) in [4.78, 5) is 0. The van der Waals surface area contributed by atoms with Crippen molar-refractivity contribution >= 4 is 8.80 Å². The van der Waals surface area contributed by atoms with E-state index >= 15 is 0 Å². The molecule has 0 aliphatic carbocycles. The first kappa shape index (κ1) is 19.9. The molecule has 3 nitrogen and oxygen atoms in total. The van der Waals surface area contributed by atoms with Gasteiger partial charge in [0.25, 0.3) is 0 Å². The molecular formula is C13H26F3O3Si. The van der Waals surface area contributed by atoms with Gasteiger partial charge in [0.15, 0.2) is 0 Å². The van der Waals surface area contributed by atoms with Crippen LogP contribution in [-0.2, 0) is 13.3 Å². The van der Waals surface area contributed by atoms with E-state index in [0.29, 0.717) is 12.8 Å². The van der Waals surface area contributed by atoms with E-state index in [1.807, 2.05) is 0 Å². The summed E-state index contributed by atoms with van der Waals surface area (Å²) < 4.78 is 55.6. The summed E-state index contributed by atoms with van der Waals surface area (Å²) in [6, 6.07) is 0. The minimum absolute atomic E-state index is 0.344. The predicted molar refractivity (Wildman–Crippen MR) is 74.1 cm³/mol. The van der Waals surface area contributed by atoms with Crippen LogP contribution in [0.1, 0.15) is 51.9 Å². The smallest absolute Gasteiger partial charge is 0.375 e. The summed E-state index contributed by atoms with van der Waals surface area (Å²) in [6.07, 6.45) is 2.55. The fourth-order valence-electron chi connectivity index (χ4n) is 2.25. The van der Waals surface area contributed by atoms with Crippen molar-refractivity contribution in [3.8, 4) is 0 Å². The molecule has 0 saturated carbocycles. The molecule has 20 heavy (non-hydrogen) atoms. The molecule has 0 saturated heterocycles. The second kappa shape index (κ2) is 9.76. The first-order chi connectivity index (χ1) is 9.44. The topological polar surface area (TPSA) is 27.7 Å². The summed E-state index contributed by atoms with van der Waals surface area (Å²) in [7, 11) is -0.653. The molecule has 121 valence electrons. The van der Waals surface area contributed by atoms with Crippen molar-refractivity contribution in [2.75, 3.05) is 21.3 Å². The van der Waals surface area contributed by atoms with Gasteiger partial charge in [0.05, 0.1) is 0 Å². The average molecular weight is 315 g/mol. The molecule has 0 fully saturated rings. The van der Waals surface area contributed by atoms with E-state index in [-0.39, 0.29) is 6.42 Å². The Morgan fingerprint density at radius 1 is 0.900 bits per heavy atom. The lowest BCUT2D eigenvalue weighted by Gasteiger charge is -2.36. The number of alkyl halides is 1. The largest absolute Gasteiger partial charge is 0.546 e. The van der Waals surface area contributed by atoms with Gasteiger partial charge in [-0.2, -0.15) is 8.78 Å². The first-order valence-electron chi connectivity index (χ1n) is 6.96. The van der Waals surface area contributed by atoms with Gasteiger partial charge in [-0.3, -0.25) is 0 Å². The average Bonchev–Trinajstić information content (AvgIpc) is 2.45. The van der Waals surface area contributed by atoms with E-state index < -0.39 is 20.5 Å². The minimum atomic E-state index is -4.06. The van der Waals surface area contributed by atoms with Crippen molar-refractivity contribution in [1.82, 2.24) is 0 Å². The molecule has 0 bridgehead atoms. The highest BCUT2D eigenvalue weighted by Crippen LogP contribution is 2.41. The third-order valence-electron chi connectivity index (χ3n) is 3.47. The Kier molecular flexibility index (Phi) is 9.70. The van der Waals surface area contributed by atoms with Gasteiger partial charge >= 0.3 is 15.2 Å². The van der Waals surface area contributed by atoms with Crippen molar-refractivity contribution < 1.29 is 26.4 Å². The molecule has 0 rings (SSSR count). The van der Waals surface area contributed by atoms with Crippen LogP contribution in [0.5, 0.6) is 0 Å². The summed E-state index contributed by atoms with van der Waals surface area (Å²) >= 11 is 0. The molecule has 0 aromatic heterocycles. The maximum Gasteiger partial charge on any atom is 0.546 e. The lowest BCUT2D eigenvalue weighted by molar-refractivity contribution is 0.00250. The number of hydrogen-bond acceptors (Lipinski definition) is 3. The van der Waals surface area contributed by atoms with Gasteiger partial charge in [0.2, 0.25) is 5.29 Å². The molecule has 0 aliphatic heterocycles. The third kappa shape index (κ3) is 4.72. The standard InChI is InChI=1S/C13H26F3O3Si/c1-5-6-7-8-9-10-11-13(16,12(14)15)20(17-2,18-3)19-4/h5-11H2,1-4H3. The summed E-state index contributed by atoms with van der Waals surface area (Å²) in [5.74, 6) is 0. The number of rotatable bonds is 12. The monoisotopic (exact) mass is 315 g/mol. The maximum absolute atomic E-state index is 14.7. The summed E-state index contributed by atoms with van der Waals surface area (Å²) in [5.41, 5.74) is 0. The van der Waals surface area contributed by atoms with Gasteiger partial charge in [-0.1, -0.05) is 45.4 Å². The van der Waals surface area contributed by atoms with Crippen LogP contribution >= 0.6 is 0 Å². The van der Waals surface area contributed by atoms with Crippen LogP contribution in [-0.4, -0.2) is 35.4 Å². The predicted octanol–water partition coefficient (Wildman–Crippen LogP) is 4.29. The van der Waals surface area contributed by atoms with E-state index in [0.717, 1.165) is 47.0 Å². The fourth-order valence-corrected chi connectivity index (χ4v) is 4.43. The highest BCUT2D eigenvalue weighted by Gasteiger charge is 2.67. The fraction of sp³-hybridized carbons (Fsp3) is 0.923. The van der Waals surface area contributed by atoms with Crippen LogP contribution in [0, 0.1) is 6.43 Å². The zero-order valence-electron chi connectivity index (χ0n) is 12.8. The third-order valence-corrected chi connectivity index (χ3v) is 6.49. The number of halogens is 3. The van der Waals surface area contributed by atoms with E-state index in [2.05, 4.69) is 6.92 Å². The molecule has 0 aromatic rings. The number of hydrogen-bond donors (Lipinski definition) is 0. The van der Waals surface area contributed by atoms with Crippen LogP contribution in [0.15, 0.2) is 0 Å². The van der Waals surface area contributed by atoms with Gasteiger partial charge in [-0.25, -0.2) is 4.39 Å². The highest BCUT2D eigenvalue weighted by molar-refractivity contribution is 6.64. The quantitative estimate of drug-likeness (QED) is 0.397. The Morgan fingerprint density at radius 2 is 1.35 bits per heavy atom. The highest BCUT2D eigenvalue weighted by atomic mass is 28.4. The molecule has 1 unspecified atom stereocenters. The Hall–Kier alpha value is -0.113. The second-order valence-electron chi connectivity index (χ2n) is 4.75. The van der Waals surface area contributed by atoms with Gasteiger partial charge < -0.3 is 13.3 Å². The second-order valence-corrected chi connectivity index (χ2v) is 7.88. The maximum atomic E-state index is 14.7. The van der Waals surface area contributed by atoms with Gasteiger partial charge in [-0.05, 0) is 6.42 Å². The van der Waals surface area contributed by atoms with Crippen molar-refractivity contribution in [2.45, 2.75) is 57.2 Å². The minimum Gasteiger partial charge on any atom is -0.375 e. The van der Waals surface area contributed by atoms with Gasteiger partial charge in [-0.15, -0.1) is 0 Å². The van der Waals surface area contributed by atoms with Crippen LogP contribution in [0.3, 0.4) is 0 Å². The molecule has 0 aliphatic rings. The molecular weight excluding hydrogens is 289 g/mol. The SMILES string of the molecule is CCCCCCCCC(F)([C](F)F)[Si](OC)(OC)OC. The summed E-state index contributed by atoms with van der Waals surface area (Å²) in [6.45, 7) is 2.09. The Bertz CT molecular complexity index is 245. The molecule has 7 heteroatoms. The van der Waals surface area contributed by atoms with Crippen molar-refractivity contribution in [3.63, 3.8) is 0 Å². The zero-order chi connectivity index (χ0) is 15.6. The van der Waals surface area contributed by atoms with Gasteiger partial charge in [0.1, 0.15) is 0 Å². The van der Waals surface area contributed by atoms with Crippen molar-refractivity contribution in [3.05, 3.63) is 6.43 Å². The normalized spacial score (nSPS) is 15.6.